The number of rotatable bonds is 8. The third-order valence-electron chi connectivity index (χ3n) is 4.79. The number of hydrogen-bond acceptors (Lipinski definition) is 9. The van der Waals surface area contributed by atoms with Gasteiger partial charge in [-0.1, -0.05) is 53.4 Å². The van der Waals surface area contributed by atoms with Crippen molar-refractivity contribution < 1.29 is 14.3 Å². The van der Waals surface area contributed by atoms with Gasteiger partial charge in [-0.2, -0.15) is 5.10 Å². The van der Waals surface area contributed by atoms with Crippen molar-refractivity contribution in [3.05, 3.63) is 59.0 Å². The second-order valence-corrected chi connectivity index (χ2v) is 9.01. The van der Waals surface area contributed by atoms with Crippen molar-refractivity contribution >= 4 is 51.1 Å². The van der Waals surface area contributed by atoms with E-state index in [-0.39, 0.29) is 18.3 Å². The maximum Gasteiger partial charge on any atom is 0.350 e. The molecule has 0 aliphatic carbocycles. The van der Waals surface area contributed by atoms with E-state index in [1.54, 1.807) is 29.6 Å². The van der Waals surface area contributed by atoms with Gasteiger partial charge >= 0.3 is 5.97 Å². The van der Waals surface area contributed by atoms with Gasteiger partial charge in [0.1, 0.15) is 16.2 Å². The fourth-order valence-electron chi connectivity index (χ4n) is 3.18. The number of aryl methyl sites for hydroxylation is 2. The lowest BCUT2D eigenvalue weighted by molar-refractivity contribution is -0.116. The van der Waals surface area contributed by atoms with E-state index in [4.69, 9.17) is 4.74 Å². The maximum atomic E-state index is 13.4. The first-order chi connectivity index (χ1) is 16.0. The molecule has 3 heterocycles. The average molecular weight is 483 g/mol. The molecule has 0 radical (unpaired) electrons. The Bertz CT molecular complexity index is 1290. The Morgan fingerprint density at radius 1 is 1.21 bits per heavy atom. The number of carbonyl (C=O) groups excluding carboxylic acids is 2. The summed E-state index contributed by atoms with van der Waals surface area (Å²) >= 11 is 2.48. The Hall–Kier alpha value is -3.31. The highest BCUT2D eigenvalue weighted by molar-refractivity contribution is 8.00. The summed E-state index contributed by atoms with van der Waals surface area (Å²) in [4.78, 5) is 40.7. The number of amides is 1. The lowest BCUT2D eigenvalue weighted by Gasteiger charge is -2.20. The van der Waals surface area contributed by atoms with Gasteiger partial charge in [0, 0.05) is 7.05 Å². The van der Waals surface area contributed by atoms with Crippen molar-refractivity contribution in [2.24, 2.45) is 7.05 Å². The zero-order valence-corrected chi connectivity index (χ0v) is 20.0. The number of ether oxygens (including phenoxy) is 1. The summed E-state index contributed by atoms with van der Waals surface area (Å²) in [7, 11) is 1.81. The Balaban J connectivity index is 1.60. The van der Waals surface area contributed by atoms with Gasteiger partial charge in [-0.3, -0.25) is 14.4 Å². The quantitative estimate of drug-likeness (QED) is 0.213. The van der Waals surface area contributed by atoms with Crippen molar-refractivity contribution in [1.82, 2.24) is 24.7 Å². The van der Waals surface area contributed by atoms with Gasteiger partial charge in [-0.25, -0.2) is 19.7 Å². The van der Waals surface area contributed by atoms with Crippen LogP contribution in [0.2, 0.25) is 0 Å². The van der Waals surface area contributed by atoms with Crippen LogP contribution in [-0.4, -0.2) is 49.0 Å². The molecule has 9 nitrogen and oxygen atoms in total. The van der Waals surface area contributed by atoms with E-state index in [9.17, 15) is 9.59 Å². The third-order valence-corrected chi connectivity index (χ3v) is 6.94. The minimum Gasteiger partial charge on any atom is -0.462 e. The fraction of sp³-hybridized carbons (Fsp3) is 0.273. The average Bonchev–Trinajstić information content (AvgIpc) is 3.40. The molecule has 0 N–H and O–H groups in total. The monoisotopic (exact) mass is 482 g/mol. The molecule has 1 amide bonds. The molecule has 0 aliphatic rings. The van der Waals surface area contributed by atoms with Gasteiger partial charge < -0.3 is 4.74 Å². The normalized spacial score (nSPS) is 11.0. The highest BCUT2D eigenvalue weighted by atomic mass is 32.2. The number of aromatic nitrogens is 5. The molecule has 3 aromatic heterocycles. The number of carbonyl (C=O) groups is 2. The molecule has 33 heavy (non-hydrogen) atoms. The van der Waals surface area contributed by atoms with E-state index in [1.165, 1.54) is 18.1 Å². The summed E-state index contributed by atoms with van der Waals surface area (Å²) in [6.45, 7) is 4.11. The van der Waals surface area contributed by atoms with Crippen molar-refractivity contribution in [1.29, 1.82) is 0 Å². The van der Waals surface area contributed by atoms with Crippen LogP contribution in [-0.2, 0) is 23.1 Å². The molecule has 4 rings (SSSR count). The molecular formula is C22H22N6O3S2. The van der Waals surface area contributed by atoms with Gasteiger partial charge in [-0.05, 0) is 19.4 Å². The number of esters is 1. The zero-order chi connectivity index (χ0) is 23.4. The maximum absolute atomic E-state index is 13.4. The molecular weight excluding hydrogens is 460 g/mol. The smallest absolute Gasteiger partial charge is 0.350 e. The minimum absolute atomic E-state index is 0.140. The third kappa shape index (κ3) is 5.04. The van der Waals surface area contributed by atoms with Crippen LogP contribution in [0.1, 0.15) is 27.9 Å². The molecule has 0 atom stereocenters. The Kier molecular flexibility index (Phi) is 6.99. The summed E-state index contributed by atoms with van der Waals surface area (Å²) in [6.07, 6.45) is 3.16. The number of thioether (sulfide) groups is 1. The standard InChI is InChI=1S/C22H22N6O3S2/c1-4-31-21(30)18-14(2)26-22(33-18)28(11-15-8-6-5-7-9-15)17(29)12-32-20-16-10-25-27(3)19(16)23-13-24-20/h5-10,13H,4,11-12H2,1-3H3. The van der Waals surface area contributed by atoms with Crippen LogP contribution >= 0.6 is 23.1 Å². The Labute approximate surface area is 198 Å². The highest BCUT2D eigenvalue weighted by Gasteiger charge is 2.24. The van der Waals surface area contributed by atoms with E-state index in [2.05, 4.69) is 20.1 Å². The van der Waals surface area contributed by atoms with Crippen LogP contribution in [0.3, 0.4) is 0 Å². The number of anilines is 1. The van der Waals surface area contributed by atoms with E-state index in [0.29, 0.717) is 32.9 Å². The van der Waals surface area contributed by atoms with Crippen molar-refractivity contribution in [2.75, 3.05) is 17.3 Å². The molecule has 0 bridgehead atoms. The molecule has 0 fully saturated rings. The van der Waals surface area contributed by atoms with E-state index in [1.807, 2.05) is 37.4 Å². The van der Waals surface area contributed by atoms with Crippen LogP contribution in [0.4, 0.5) is 5.13 Å². The van der Waals surface area contributed by atoms with Gasteiger partial charge in [0.05, 0.1) is 36.2 Å². The summed E-state index contributed by atoms with van der Waals surface area (Å²) in [5.41, 5.74) is 2.20. The van der Waals surface area contributed by atoms with Gasteiger partial charge in [-0.15, -0.1) is 0 Å². The van der Waals surface area contributed by atoms with Gasteiger partial charge in [0.2, 0.25) is 5.91 Å². The Morgan fingerprint density at radius 3 is 2.76 bits per heavy atom. The van der Waals surface area contributed by atoms with Crippen molar-refractivity contribution in [3.63, 3.8) is 0 Å². The largest absolute Gasteiger partial charge is 0.462 e. The van der Waals surface area contributed by atoms with Crippen molar-refractivity contribution in [3.8, 4) is 0 Å². The van der Waals surface area contributed by atoms with Crippen LogP contribution in [0.25, 0.3) is 11.0 Å². The number of nitrogens with zero attached hydrogens (tertiary/aromatic N) is 6. The number of hydrogen-bond donors (Lipinski definition) is 0. The van der Waals surface area contributed by atoms with Gasteiger partial charge in [0.25, 0.3) is 0 Å². The summed E-state index contributed by atoms with van der Waals surface area (Å²) < 4.78 is 6.80. The molecule has 1 aromatic carbocycles. The fourth-order valence-corrected chi connectivity index (χ4v) is 4.99. The zero-order valence-electron chi connectivity index (χ0n) is 18.4. The first-order valence-corrected chi connectivity index (χ1v) is 12.0. The van der Waals surface area contributed by atoms with Crippen LogP contribution in [0.15, 0.2) is 47.9 Å². The van der Waals surface area contributed by atoms with E-state index < -0.39 is 5.97 Å². The predicted octanol–water partition coefficient (Wildman–Crippen LogP) is 3.63. The molecule has 11 heteroatoms. The SMILES string of the molecule is CCOC(=O)c1sc(N(Cc2ccccc2)C(=O)CSc2ncnc3c2cnn3C)nc1C. The molecule has 170 valence electrons. The van der Waals surface area contributed by atoms with E-state index >= 15 is 0 Å². The summed E-state index contributed by atoms with van der Waals surface area (Å²) in [5, 5.41) is 6.15. The predicted molar refractivity (Wildman–Crippen MR) is 127 cm³/mol. The molecule has 0 spiro atoms. The summed E-state index contributed by atoms with van der Waals surface area (Å²) in [6, 6.07) is 9.66. The highest BCUT2D eigenvalue weighted by Crippen LogP contribution is 2.30. The Morgan fingerprint density at radius 2 is 2.00 bits per heavy atom. The number of thiazole rings is 1. The number of benzene rings is 1. The summed E-state index contributed by atoms with van der Waals surface area (Å²) in [5.74, 6) is -0.440. The lowest BCUT2D eigenvalue weighted by atomic mass is 10.2. The van der Waals surface area contributed by atoms with Crippen LogP contribution in [0.5, 0.6) is 0 Å². The molecule has 0 unspecified atom stereocenters. The first kappa shape index (κ1) is 22.9. The second-order valence-electron chi connectivity index (χ2n) is 7.07. The second kappa shape index (κ2) is 10.1. The lowest BCUT2D eigenvalue weighted by Crippen LogP contribution is -2.31. The van der Waals surface area contributed by atoms with Crippen LogP contribution in [0, 0.1) is 6.92 Å². The minimum atomic E-state index is -0.430. The molecule has 4 aromatic rings. The first-order valence-electron chi connectivity index (χ1n) is 10.2. The molecule has 0 aliphatic heterocycles. The van der Waals surface area contributed by atoms with E-state index in [0.717, 1.165) is 22.3 Å². The molecule has 0 saturated carbocycles. The van der Waals surface area contributed by atoms with Crippen molar-refractivity contribution in [2.45, 2.75) is 25.4 Å². The van der Waals surface area contributed by atoms with Gasteiger partial charge in [0.15, 0.2) is 10.8 Å². The molecule has 0 saturated heterocycles. The van der Waals surface area contributed by atoms with Crippen LogP contribution < -0.4 is 4.90 Å². The number of fused-ring (bicyclic) bond motifs is 1. The topological polar surface area (TPSA) is 103 Å².